The Labute approximate surface area is 159 Å². The van der Waals surface area contributed by atoms with Gasteiger partial charge in [0, 0.05) is 12.5 Å². The molecular weight excluding hydrogens is 348 g/mol. The van der Waals surface area contributed by atoms with Crippen LogP contribution in [0.5, 0.6) is 0 Å². The summed E-state index contributed by atoms with van der Waals surface area (Å²) in [5.41, 5.74) is 1.44. The van der Waals surface area contributed by atoms with Gasteiger partial charge in [0.15, 0.2) is 0 Å². The highest BCUT2D eigenvalue weighted by Gasteiger charge is 2.32. The number of aromatic nitrogens is 2. The summed E-state index contributed by atoms with van der Waals surface area (Å²) in [6.07, 6.45) is 3.98. The molecule has 1 aromatic heterocycles. The predicted octanol–water partition coefficient (Wildman–Crippen LogP) is 1.76. The number of carbonyl (C=O) groups excluding carboxylic acids is 2. The first kappa shape index (κ1) is 20.9. The second kappa shape index (κ2) is 9.01. The van der Waals surface area contributed by atoms with Gasteiger partial charge in [-0.25, -0.2) is 4.79 Å². The van der Waals surface area contributed by atoms with Gasteiger partial charge in [-0.15, -0.1) is 0 Å². The molecule has 1 aliphatic rings. The molecule has 8 nitrogen and oxygen atoms in total. The van der Waals surface area contributed by atoms with Gasteiger partial charge < -0.3 is 15.7 Å². The van der Waals surface area contributed by atoms with E-state index in [0.29, 0.717) is 23.8 Å². The first-order valence-corrected chi connectivity index (χ1v) is 9.55. The molecule has 0 spiro atoms. The lowest BCUT2D eigenvalue weighted by Gasteiger charge is -2.16. The van der Waals surface area contributed by atoms with Crippen molar-refractivity contribution in [3.8, 4) is 0 Å². The van der Waals surface area contributed by atoms with Crippen LogP contribution in [0.1, 0.15) is 68.9 Å². The molecular formula is C19H30N4O4. The zero-order valence-corrected chi connectivity index (χ0v) is 16.5. The quantitative estimate of drug-likeness (QED) is 0.574. The van der Waals surface area contributed by atoms with E-state index in [4.69, 9.17) is 0 Å². The van der Waals surface area contributed by atoms with Crippen LogP contribution in [-0.2, 0) is 16.1 Å². The number of rotatable bonds is 10. The van der Waals surface area contributed by atoms with Crippen LogP contribution in [0.2, 0.25) is 0 Å². The molecule has 1 fully saturated rings. The summed E-state index contributed by atoms with van der Waals surface area (Å²) in [6, 6.07) is -0.954. The molecule has 27 heavy (non-hydrogen) atoms. The Morgan fingerprint density at radius 2 is 1.89 bits per heavy atom. The summed E-state index contributed by atoms with van der Waals surface area (Å²) in [7, 11) is 0. The highest BCUT2D eigenvalue weighted by molar-refractivity contribution is 5.97. The molecule has 1 heterocycles. The Bertz CT molecular complexity index is 692. The van der Waals surface area contributed by atoms with Gasteiger partial charge >= 0.3 is 5.97 Å². The fraction of sp³-hybridized carbons (Fsp3) is 0.684. The van der Waals surface area contributed by atoms with Crippen LogP contribution in [0.25, 0.3) is 0 Å². The van der Waals surface area contributed by atoms with E-state index in [2.05, 4.69) is 29.6 Å². The Morgan fingerprint density at radius 1 is 1.22 bits per heavy atom. The minimum Gasteiger partial charge on any atom is -0.480 e. The van der Waals surface area contributed by atoms with Gasteiger partial charge in [-0.2, -0.15) is 5.10 Å². The molecule has 0 bridgehead atoms. The predicted molar refractivity (Wildman–Crippen MR) is 100 cm³/mol. The maximum absolute atomic E-state index is 12.5. The third-order valence-electron chi connectivity index (χ3n) is 4.38. The lowest BCUT2D eigenvalue weighted by atomic mass is 10.0. The van der Waals surface area contributed by atoms with E-state index >= 15 is 0 Å². The molecule has 150 valence electrons. The van der Waals surface area contributed by atoms with Crippen molar-refractivity contribution >= 4 is 17.8 Å². The smallest absolute Gasteiger partial charge is 0.326 e. The largest absolute Gasteiger partial charge is 0.480 e. The number of aliphatic carboxylic acids is 1. The van der Waals surface area contributed by atoms with Crippen molar-refractivity contribution in [1.82, 2.24) is 20.4 Å². The molecule has 1 saturated carbocycles. The van der Waals surface area contributed by atoms with Crippen LogP contribution in [0.15, 0.2) is 6.20 Å². The number of nitrogens with one attached hydrogen (secondary N) is 2. The van der Waals surface area contributed by atoms with Crippen molar-refractivity contribution in [2.24, 2.45) is 11.8 Å². The zero-order valence-electron chi connectivity index (χ0n) is 16.5. The van der Waals surface area contributed by atoms with Crippen LogP contribution >= 0.6 is 0 Å². The van der Waals surface area contributed by atoms with E-state index in [-0.39, 0.29) is 18.4 Å². The molecule has 0 unspecified atom stereocenters. The van der Waals surface area contributed by atoms with Gasteiger partial charge in [-0.3, -0.25) is 14.3 Å². The highest BCUT2D eigenvalue weighted by atomic mass is 16.4. The van der Waals surface area contributed by atoms with E-state index in [9.17, 15) is 19.5 Å². The molecule has 1 aliphatic carbocycles. The van der Waals surface area contributed by atoms with Crippen LogP contribution in [-0.4, -0.2) is 45.3 Å². The second-order valence-electron chi connectivity index (χ2n) is 8.06. The third kappa shape index (κ3) is 6.08. The van der Waals surface area contributed by atoms with E-state index in [1.807, 2.05) is 18.5 Å². The van der Waals surface area contributed by atoms with Crippen molar-refractivity contribution in [3.63, 3.8) is 0 Å². The van der Waals surface area contributed by atoms with E-state index in [1.54, 1.807) is 6.20 Å². The molecule has 8 heteroatoms. The van der Waals surface area contributed by atoms with Crippen molar-refractivity contribution in [1.29, 1.82) is 0 Å². The molecule has 0 saturated heterocycles. The molecule has 1 aromatic rings. The third-order valence-corrected chi connectivity index (χ3v) is 4.38. The summed E-state index contributed by atoms with van der Waals surface area (Å²) in [4.78, 5) is 35.8. The van der Waals surface area contributed by atoms with Gasteiger partial charge in [0.2, 0.25) is 5.91 Å². The van der Waals surface area contributed by atoms with Crippen molar-refractivity contribution in [2.45, 2.75) is 65.5 Å². The molecule has 1 atom stereocenters. The van der Waals surface area contributed by atoms with E-state index < -0.39 is 17.9 Å². The summed E-state index contributed by atoms with van der Waals surface area (Å²) in [5.74, 6) is -1.04. The maximum atomic E-state index is 12.5. The first-order valence-electron chi connectivity index (χ1n) is 9.55. The lowest BCUT2D eigenvalue weighted by molar-refractivity contribution is -0.142. The molecule has 0 radical (unpaired) electrons. The number of carboxylic acid groups (broad SMARTS) is 1. The normalized spacial score (nSPS) is 15.0. The SMILES string of the molecule is CC(C)C[C@H](NC(=O)CNC(=O)c1cnn(CC(C)C)c1C1CC1)C(=O)O. The number of carboxylic acids is 1. The lowest BCUT2D eigenvalue weighted by Crippen LogP contribution is -2.46. The number of hydrogen-bond acceptors (Lipinski definition) is 4. The Hall–Kier alpha value is -2.38. The second-order valence-corrected chi connectivity index (χ2v) is 8.06. The van der Waals surface area contributed by atoms with Gasteiger partial charge in [-0.05, 0) is 31.1 Å². The van der Waals surface area contributed by atoms with Crippen LogP contribution in [0.3, 0.4) is 0 Å². The molecule has 0 aromatic carbocycles. The Kier molecular flexibility index (Phi) is 6.98. The summed E-state index contributed by atoms with van der Waals surface area (Å²) in [5, 5.41) is 18.6. The van der Waals surface area contributed by atoms with Crippen LogP contribution in [0.4, 0.5) is 0 Å². The van der Waals surface area contributed by atoms with Gasteiger partial charge in [0.1, 0.15) is 6.04 Å². The van der Waals surface area contributed by atoms with Gasteiger partial charge in [0.25, 0.3) is 5.91 Å². The molecule has 2 amide bonds. The maximum Gasteiger partial charge on any atom is 0.326 e. The summed E-state index contributed by atoms with van der Waals surface area (Å²) >= 11 is 0. The monoisotopic (exact) mass is 378 g/mol. The van der Waals surface area contributed by atoms with Crippen molar-refractivity contribution in [2.75, 3.05) is 6.54 Å². The number of carbonyl (C=O) groups is 3. The Morgan fingerprint density at radius 3 is 2.41 bits per heavy atom. The fourth-order valence-electron chi connectivity index (χ4n) is 3.04. The van der Waals surface area contributed by atoms with Crippen LogP contribution < -0.4 is 10.6 Å². The van der Waals surface area contributed by atoms with Gasteiger partial charge in [-0.1, -0.05) is 27.7 Å². The number of hydrogen-bond donors (Lipinski definition) is 3. The fourth-order valence-corrected chi connectivity index (χ4v) is 3.04. The van der Waals surface area contributed by atoms with Crippen LogP contribution in [0, 0.1) is 11.8 Å². The van der Waals surface area contributed by atoms with E-state index in [1.165, 1.54) is 0 Å². The zero-order chi connectivity index (χ0) is 20.1. The standard InChI is InChI=1S/C19H30N4O4/c1-11(2)7-15(19(26)27)22-16(24)9-20-18(25)14-8-21-23(10-12(3)4)17(14)13-5-6-13/h8,11-13,15H,5-7,9-10H2,1-4H3,(H,20,25)(H,22,24)(H,26,27)/t15-/m0/s1. The molecule has 2 rings (SSSR count). The Balaban J connectivity index is 1.96. The molecule has 3 N–H and O–H groups in total. The first-order chi connectivity index (χ1) is 12.7. The number of amides is 2. The summed E-state index contributed by atoms with van der Waals surface area (Å²) in [6.45, 7) is 8.45. The molecule has 0 aliphatic heterocycles. The highest BCUT2D eigenvalue weighted by Crippen LogP contribution is 2.41. The van der Waals surface area contributed by atoms with Crippen molar-refractivity contribution in [3.05, 3.63) is 17.5 Å². The van der Waals surface area contributed by atoms with Crippen molar-refractivity contribution < 1.29 is 19.5 Å². The summed E-state index contributed by atoms with van der Waals surface area (Å²) < 4.78 is 1.89. The topological polar surface area (TPSA) is 113 Å². The average molecular weight is 378 g/mol. The minimum atomic E-state index is -1.07. The van der Waals surface area contributed by atoms with E-state index in [0.717, 1.165) is 25.1 Å². The minimum absolute atomic E-state index is 0.133. The average Bonchev–Trinajstić information content (AvgIpc) is 3.32. The van der Waals surface area contributed by atoms with Gasteiger partial charge in [0.05, 0.1) is 24.0 Å². The number of nitrogens with zero attached hydrogens (tertiary/aromatic N) is 2.